The molecule has 0 saturated carbocycles. The SMILES string of the molecule is Cc1ccc(CNC(=O)N2C[C@@H](N)[C@H](O)C2)cc1.Cl. The van der Waals surface area contributed by atoms with Crippen molar-refractivity contribution >= 4 is 18.4 Å². The smallest absolute Gasteiger partial charge is 0.317 e. The van der Waals surface area contributed by atoms with Crippen LogP contribution in [0.3, 0.4) is 0 Å². The second-order valence-electron chi connectivity index (χ2n) is 4.78. The van der Waals surface area contributed by atoms with Crippen LogP contribution in [-0.4, -0.2) is 41.3 Å². The monoisotopic (exact) mass is 285 g/mol. The lowest BCUT2D eigenvalue weighted by atomic mass is 10.1. The number of carbonyl (C=O) groups excluding carboxylic acids is 1. The maximum absolute atomic E-state index is 11.8. The second kappa shape index (κ2) is 6.75. The van der Waals surface area contributed by atoms with Crippen molar-refractivity contribution in [2.24, 2.45) is 5.73 Å². The summed E-state index contributed by atoms with van der Waals surface area (Å²) in [5.74, 6) is 0. The van der Waals surface area contributed by atoms with Crippen molar-refractivity contribution < 1.29 is 9.90 Å². The lowest BCUT2D eigenvalue weighted by Crippen LogP contribution is -2.39. The molecule has 0 unspecified atom stereocenters. The van der Waals surface area contributed by atoms with Crippen LogP contribution in [0.15, 0.2) is 24.3 Å². The lowest BCUT2D eigenvalue weighted by Gasteiger charge is -2.16. The first-order valence-electron chi connectivity index (χ1n) is 6.08. The van der Waals surface area contributed by atoms with Gasteiger partial charge in [-0.15, -0.1) is 12.4 Å². The van der Waals surface area contributed by atoms with Gasteiger partial charge in [0.15, 0.2) is 0 Å². The van der Waals surface area contributed by atoms with Crippen molar-refractivity contribution in [3.05, 3.63) is 35.4 Å². The fraction of sp³-hybridized carbons (Fsp3) is 0.462. The Hall–Kier alpha value is -1.30. The predicted molar refractivity (Wildman–Crippen MR) is 76.2 cm³/mol. The number of carbonyl (C=O) groups is 1. The van der Waals surface area contributed by atoms with Gasteiger partial charge in [-0.1, -0.05) is 29.8 Å². The molecule has 1 aliphatic rings. The molecule has 5 nitrogen and oxygen atoms in total. The van der Waals surface area contributed by atoms with Crippen LogP contribution in [0, 0.1) is 6.92 Å². The summed E-state index contributed by atoms with van der Waals surface area (Å²) in [6, 6.07) is 7.48. The number of nitrogens with one attached hydrogen (secondary N) is 1. The minimum Gasteiger partial charge on any atom is -0.390 e. The van der Waals surface area contributed by atoms with Gasteiger partial charge in [0, 0.05) is 25.7 Å². The molecule has 1 fully saturated rings. The Kier molecular flexibility index (Phi) is 5.60. The van der Waals surface area contributed by atoms with Crippen molar-refractivity contribution in [3.8, 4) is 0 Å². The van der Waals surface area contributed by atoms with Crippen LogP contribution >= 0.6 is 12.4 Å². The molecule has 2 amide bonds. The highest BCUT2D eigenvalue weighted by molar-refractivity contribution is 5.85. The normalized spacial score (nSPS) is 21.9. The summed E-state index contributed by atoms with van der Waals surface area (Å²) >= 11 is 0. The number of β-amino-alcohol motifs (C(OH)–C–C–N with tert-alkyl or cyclic N) is 1. The summed E-state index contributed by atoms with van der Waals surface area (Å²) in [4.78, 5) is 13.4. The van der Waals surface area contributed by atoms with Crippen LogP contribution in [0.4, 0.5) is 4.79 Å². The van der Waals surface area contributed by atoms with E-state index < -0.39 is 6.10 Å². The van der Waals surface area contributed by atoms with Crippen molar-refractivity contribution in [1.82, 2.24) is 10.2 Å². The maximum Gasteiger partial charge on any atom is 0.317 e. The van der Waals surface area contributed by atoms with E-state index in [1.165, 1.54) is 5.56 Å². The molecule has 0 spiro atoms. The number of benzene rings is 1. The van der Waals surface area contributed by atoms with E-state index in [4.69, 9.17) is 5.73 Å². The fourth-order valence-corrected chi connectivity index (χ4v) is 1.97. The van der Waals surface area contributed by atoms with Gasteiger partial charge in [-0.25, -0.2) is 4.79 Å². The zero-order chi connectivity index (χ0) is 13.1. The third-order valence-electron chi connectivity index (χ3n) is 3.18. The molecule has 4 N–H and O–H groups in total. The Morgan fingerprint density at radius 3 is 2.58 bits per heavy atom. The van der Waals surface area contributed by atoms with E-state index in [0.29, 0.717) is 19.6 Å². The highest BCUT2D eigenvalue weighted by atomic mass is 35.5. The molecule has 1 aromatic rings. The molecule has 0 radical (unpaired) electrons. The molecular formula is C13H20ClN3O2. The van der Waals surface area contributed by atoms with Crippen molar-refractivity contribution in [1.29, 1.82) is 0 Å². The molecule has 2 rings (SSSR count). The fourth-order valence-electron chi connectivity index (χ4n) is 1.97. The molecule has 1 aromatic carbocycles. The number of aliphatic hydroxyl groups excluding tert-OH is 1. The minimum atomic E-state index is -0.616. The molecule has 0 aliphatic carbocycles. The Morgan fingerprint density at radius 1 is 1.42 bits per heavy atom. The molecule has 2 atom stereocenters. The van der Waals surface area contributed by atoms with E-state index >= 15 is 0 Å². The van der Waals surface area contributed by atoms with E-state index in [-0.39, 0.29) is 24.5 Å². The average Bonchev–Trinajstić information content (AvgIpc) is 2.69. The van der Waals surface area contributed by atoms with Crippen LogP contribution in [0.25, 0.3) is 0 Å². The number of nitrogens with zero attached hydrogens (tertiary/aromatic N) is 1. The van der Waals surface area contributed by atoms with Crippen LogP contribution in [0.5, 0.6) is 0 Å². The van der Waals surface area contributed by atoms with Gasteiger partial charge in [0.1, 0.15) is 0 Å². The lowest BCUT2D eigenvalue weighted by molar-refractivity contribution is 0.163. The molecule has 0 aromatic heterocycles. The highest BCUT2D eigenvalue weighted by Gasteiger charge is 2.31. The molecule has 19 heavy (non-hydrogen) atoms. The van der Waals surface area contributed by atoms with Gasteiger partial charge in [-0.05, 0) is 12.5 Å². The molecule has 0 bridgehead atoms. The zero-order valence-corrected chi connectivity index (χ0v) is 11.7. The summed E-state index contributed by atoms with van der Waals surface area (Å²) in [6.07, 6.45) is -0.616. The number of nitrogens with two attached hydrogens (primary N) is 1. The number of hydrogen-bond donors (Lipinski definition) is 3. The third kappa shape index (κ3) is 4.09. The molecule has 1 aliphatic heterocycles. The number of amides is 2. The van der Waals surface area contributed by atoms with Crippen molar-refractivity contribution in [2.45, 2.75) is 25.6 Å². The quantitative estimate of drug-likeness (QED) is 0.746. The number of aryl methyl sites for hydroxylation is 1. The van der Waals surface area contributed by atoms with E-state index in [2.05, 4.69) is 5.32 Å². The van der Waals surface area contributed by atoms with Crippen LogP contribution in [-0.2, 0) is 6.54 Å². The number of urea groups is 1. The Labute approximate surface area is 119 Å². The molecule has 1 heterocycles. The van der Waals surface area contributed by atoms with Gasteiger partial charge in [-0.2, -0.15) is 0 Å². The number of halogens is 1. The molecule has 6 heteroatoms. The summed E-state index contributed by atoms with van der Waals surface area (Å²) in [5, 5.41) is 12.3. The first-order chi connectivity index (χ1) is 8.56. The van der Waals surface area contributed by atoms with Gasteiger partial charge in [0.25, 0.3) is 0 Å². The summed E-state index contributed by atoms with van der Waals surface area (Å²) in [6.45, 7) is 3.22. The van der Waals surface area contributed by atoms with E-state index in [0.717, 1.165) is 5.56 Å². The Bertz CT molecular complexity index is 414. The second-order valence-corrected chi connectivity index (χ2v) is 4.78. The van der Waals surface area contributed by atoms with E-state index in [1.807, 2.05) is 31.2 Å². The van der Waals surface area contributed by atoms with Crippen molar-refractivity contribution in [3.63, 3.8) is 0 Å². The van der Waals surface area contributed by atoms with Crippen LogP contribution in [0.1, 0.15) is 11.1 Å². The minimum absolute atomic E-state index is 0. The van der Waals surface area contributed by atoms with E-state index in [1.54, 1.807) is 4.90 Å². The Balaban J connectivity index is 0.00000180. The zero-order valence-electron chi connectivity index (χ0n) is 10.9. The Morgan fingerprint density at radius 2 is 2.05 bits per heavy atom. The number of hydrogen-bond acceptors (Lipinski definition) is 3. The molecule has 106 valence electrons. The molecule has 1 saturated heterocycles. The number of likely N-dealkylation sites (tertiary alicyclic amines) is 1. The highest BCUT2D eigenvalue weighted by Crippen LogP contribution is 2.08. The third-order valence-corrected chi connectivity index (χ3v) is 3.18. The van der Waals surface area contributed by atoms with E-state index in [9.17, 15) is 9.90 Å². The average molecular weight is 286 g/mol. The predicted octanol–water partition coefficient (Wildman–Crippen LogP) is 0.630. The first kappa shape index (κ1) is 15.8. The maximum atomic E-state index is 11.8. The van der Waals surface area contributed by atoms with Gasteiger partial charge in [0.05, 0.1) is 6.10 Å². The number of rotatable bonds is 2. The topological polar surface area (TPSA) is 78.6 Å². The molecular weight excluding hydrogens is 266 g/mol. The standard InChI is InChI=1S/C13H19N3O2.ClH/c1-9-2-4-10(5-3-9)6-15-13(18)16-7-11(14)12(17)8-16;/h2-5,11-12,17H,6-8,14H2,1H3,(H,15,18);1H/t11-,12-;/m1./s1. The van der Waals surface area contributed by atoms with Gasteiger partial charge in [0.2, 0.25) is 0 Å². The number of aliphatic hydroxyl groups is 1. The van der Waals surface area contributed by atoms with Gasteiger partial charge < -0.3 is 21.1 Å². The van der Waals surface area contributed by atoms with Crippen molar-refractivity contribution in [2.75, 3.05) is 13.1 Å². The first-order valence-corrected chi connectivity index (χ1v) is 6.08. The van der Waals surface area contributed by atoms with Gasteiger partial charge >= 0.3 is 6.03 Å². The summed E-state index contributed by atoms with van der Waals surface area (Å²) < 4.78 is 0. The van der Waals surface area contributed by atoms with Crippen LogP contribution in [0.2, 0.25) is 0 Å². The van der Waals surface area contributed by atoms with Gasteiger partial charge in [-0.3, -0.25) is 0 Å². The summed E-state index contributed by atoms with van der Waals surface area (Å²) in [5.41, 5.74) is 7.91. The largest absolute Gasteiger partial charge is 0.390 e. The van der Waals surface area contributed by atoms with Crippen LogP contribution < -0.4 is 11.1 Å². The summed E-state index contributed by atoms with van der Waals surface area (Å²) in [7, 11) is 0.